The molecule has 0 amide bonds. The van der Waals surface area contributed by atoms with Crippen LogP contribution in [-0.2, 0) is 11.3 Å². The number of aromatic nitrogens is 2. The Morgan fingerprint density at radius 3 is 3.05 bits per heavy atom. The second kappa shape index (κ2) is 7.18. The van der Waals surface area contributed by atoms with E-state index in [1.54, 1.807) is 11.3 Å². The summed E-state index contributed by atoms with van der Waals surface area (Å²) in [5.41, 5.74) is 0. The Morgan fingerprint density at radius 2 is 2.29 bits per heavy atom. The number of nitrogens with zero attached hydrogens (tertiary/aromatic N) is 2. The maximum Gasteiger partial charge on any atom is 0.158 e. The molecule has 2 aromatic heterocycles. The molecular weight excluding hydrogens is 282 g/mol. The molecule has 21 heavy (non-hydrogen) atoms. The molecule has 0 bridgehead atoms. The Balaban J connectivity index is 1.60. The lowest BCUT2D eigenvalue weighted by atomic mass is 9.83. The predicted octanol–water partition coefficient (Wildman–Crippen LogP) is 4.22. The van der Waals surface area contributed by atoms with Gasteiger partial charge in [-0.25, -0.2) is 9.97 Å². The van der Waals surface area contributed by atoms with Crippen molar-refractivity contribution in [3.63, 3.8) is 0 Å². The van der Waals surface area contributed by atoms with Crippen molar-refractivity contribution in [2.75, 3.05) is 18.5 Å². The Kier molecular flexibility index (Phi) is 5.04. The highest BCUT2D eigenvalue weighted by Gasteiger charge is 2.16. The third-order valence-corrected chi connectivity index (χ3v) is 4.85. The second-order valence-corrected chi connectivity index (χ2v) is 6.59. The third kappa shape index (κ3) is 3.71. The Hall–Kier alpha value is -1.20. The largest absolute Gasteiger partial charge is 0.373 e. The lowest BCUT2D eigenvalue weighted by molar-refractivity contribution is 0.0909. The van der Waals surface area contributed by atoms with Crippen molar-refractivity contribution in [3.05, 3.63) is 17.3 Å². The average Bonchev–Trinajstić information content (AvgIpc) is 2.91. The normalized spacial score (nSPS) is 15.3. The van der Waals surface area contributed by atoms with Crippen LogP contribution in [-0.4, -0.2) is 23.1 Å². The van der Waals surface area contributed by atoms with Crippen LogP contribution in [0.3, 0.4) is 0 Å². The molecule has 2 heterocycles. The molecule has 0 atom stereocenters. The number of rotatable bonds is 8. The highest BCUT2D eigenvalue weighted by atomic mass is 32.1. The molecule has 1 aliphatic carbocycles. The lowest BCUT2D eigenvalue weighted by Crippen LogP contribution is -2.14. The molecule has 114 valence electrons. The number of ether oxygens (including phenoxy) is 1. The SMILES string of the molecule is CCCNc1nc(COCCC2CCC2)nc2sccc12. The first kappa shape index (κ1) is 14.7. The molecule has 0 radical (unpaired) electrons. The first-order chi connectivity index (χ1) is 10.4. The average molecular weight is 305 g/mol. The van der Waals surface area contributed by atoms with E-state index in [-0.39, 0.29) is 0 Å². The van der Waals surface area contributed by atoms with Crippen molar-refractivity contribution < 1.29 is 4.74 Å². The molecule has 1 N–H and O–H groups in total. The van der Waals surface area contributed by atoms with E-state index in [0.717, 1.165) is 47.3 Å². The number of hydrogen-bond donors (Lipinski definition) is 1. The van der Waals surface area contributed by atoms with Gasteiger partial charge in [0.1, 0.15) is 17.3 Å². The zero-order valence-corrected chi connectivity index (χ0v) is 13.4. The monoisotopic (exact) mass is 305 g/mol. The Bertz CT molecular complexity index is 580. The van der Waals surface area contributed by atoms with Gasteiger partial charge in [0.2, 0.25) is 0 Å². The first-order valence-corrected chi connectivity index (χ1v) is 8.80. The summed E-state index contributed by atoms with van der Waals surface area (Å²) in [6.07, 6.45) is 6.43. The fraction of sp³-hybridized carbons (Fsp3) is 0.625. The number of hydrogen-bond acceptors (Lipinski definition) is 5. The Labute approximate surface area is 129 Å². The lowest BCUT2D eigenvalue weighted by Gasteiger charge is -2.24. The zero-order valence-electron chi connectivity index (χ0n) is 12.6. The van der Waals surface area contributed by atoms with Crippen molar-refractivity contribution in [2.45, 2.75) is 45.6 Å². The summed E-state index contributed by atoms with van der Waals surface area (Å²) in [6.45, 7) is 4.43. The van der Waals surface area contributed by atoms with Crippen molar-refractivity contribution in [3.8, 4) is 0 Å². The summed E-state index contributed by atoms with van der Waals surface area (Å²) >= 11 is 1.66. The van der Waals surface area contributed by atoms with Crippen molar-refractivity contribution in [2.24, 2.45) is 5.92 Å². The van der Waals surface area contributed by atoms with Gasteiger partial charge >= 0.3 is 0 Å². The molecule has 1 saturated carbocycles. The van der Waals surface area contributed by atoms with E-state index in [0.29, 0.717) is 6.61 Å². The van der Waals surface area contributed by atoms with E-state index >= 15 is 0 Å². The van der Waals surface area contributed by atoms with Crippen LogP contribution < -0.4 is 5.32 Å². The van der Waals surface area contributed by atoms with Crippen molar-refractivity contribution >= 4 is 27.4 Å². The number of fused-ring (bicyclic) bond motifs is 1. The summed E-state index contributed by atoms with van der Waals surface area (Å²) in [5, 5.41) is 6.58. The fourth-order valence-electron chi connectivity index (χ4n) is 2.54. The van der Waals surface area contributed by atoms with Gasteiger partial charge in [0.15, 0.2) is 5.82 Å². The minimum Gasteiger partial charge on any atom is -0.373 e. The zero-order chi connectivity index (χ0) is 14.5. The maximum atomic E-state index is 5.76. The van der Waals surface area contributed by atoms with Gasteiger partial charge in [-0.05, 0) is 30.2 Å². The fourth-order valence-corrected chi connectivity index (χ4v) is 3.32. The second-order valence-electron chi connectivity index (χ2n) is 5.69. The van der Waals surface area contributed by atoms with E-state index in [9.17, 15) is 0 Å². The quantitative estimate of drug-likeness (QED) is 0.742. The molecule has 1 aliphatic rings. The highest BCUT2D eigenvalue weighted by molar-refractivity contribution is 7.16. The molecule has 0 aliphatic heterocycles. The summed E-state index contributed by atoms with van der Waals surface area (Å²) in [6, 6.07) is 2.08. The summed E-state index contributed by atoms with van der Waals surface area (Å²) in [7, 11) is 0. The summed E-state index contributed by atoms with van der Waals surface area (Å²) in [4.78, 5) is 10.3. The summed E-state index contributed by atoms with van der Waals surface area (Å²) in [5.74, 6) is 2.63. The maximum absolute atomic E-state index is 5.76. The van der Waals surface area contributed by atoms with Crippen LogP contribution in [0.4, 0.5) is 5.82 Å². The number of thiophene rings is 1. The molecule has 4 nitrogen and oxygen atoms in total. The molecule has 0 spiro atoms. The number of anilines is 1. The van der Waals surface area contributed by atoms with Gasteiger partial charge in [0.25, 0.3) is 0 Å². The van der Waals surface area contributed by atoms with Gasteiger partial charge in [-0.15, -0.1) is 11.3 Å². The van der Waals surface area contributed by atoms with Crippen LogP contribution in [0.15, 0.2) is 11.4 Å². The molecule has 2 aromatic rings. The molecule has 0 unspecified atom stereocenters. The van der Waals surface area contributed by atoms with Crippen molar-refractivity contribution in [1.29, 1.82) is 0 Å². The molecule has 1 fully saturated rings. The summed E-state index contributed by atoms with van der Waals surface area (Å²) < 4.78 is 5.76. The van der Waals surface area contributed by atoms with E-state index in [4.69, 9.17) is 4.74 Å². The van der Waals surface area contributed by atoms with Crippen molar-refractivity contribution in [1.82, 2.24) is 9.97 Å². The molecule has 5 heteroatoms. The van der Waals surface area contributed by atoms with Crippen LogP contribution in [0.5, 0.6) is 0 Å². The minimum atomic E-state index is 0.515. The third-order valence-electron chi connectivity index (χ3n) is 4.04. The van der Waals surface area contributed by atoms with E-state index in [1.165, 1.54) is 25.7 Å². The van der Waals surface area contributed by atoms with Crippen LogP contribution in [0.1, 0.15) is 44.9 Å². The van der Waals surface area contributed by atoms with Gasteiger partial charge in [-0.3, -0.25) is 0 Å². The first-order valence-electron chi connectivity index (χ1n) is 7.92. The van der Waals surface area contributed by atoms with Crippen LogP contribution >= 0.6 is 11.3 Å². The van der Waals surface area contributed by atoms with Gasteiger partial charge in [-0.1, -0.05) is 26.2 Å². The molecule has 0 aromatic carbocycles. The van der Waals surface area contributed by atoms with Gasteiger partial charge < -0.3 is 10.1 Å². The van der Waals surface area contributed by atoms with Gasteiger partial charge in [-0.2, -0.15) is 0 Å². The minimum absolute atomic E-state index is 0.515. The highest BCUT2D eigenvalue weighted by Crippen LogP contribution is 2.29. The smallest absolute Gasteiger partial charge is 0.158 e. The van der Waals surface area contributed by atoms with Gasteiger partial charge in [0.05, 0.1) is 5.39 Å². The predicted molar refractivity (Wildman–Crippen MR) is 87.8 cm³/mol. The molecule has 3 rings (SSSR count). The Morgan fingerprint density at radius 1 is 1.38 bits per heavy atom. The van der Waals surface area contributed by atoms with Crippen LogP contribution in [0.25, 0.3) is 10.2 Å². The van der Waals surface area contributed by atoms with E-state index < -0.39 is 0 Å². The number of nitrogens with one attached hydrogen (secondary N) is 1. The van der Waals surface area contributed by atoms with E-state index in [2.05, 4.69) is 33.7 Å². The van der Waals surface area contributed by atoms with Gasteiger partial charge in [0, 0.05) is 13.2 Å². The molecule has 0 saturated heterocycles. The van der Waals surface area contributed by atoms with Crippen LogP contribution in [0.2, 0.25) is 0 Å². The standard InChI is InChI=1S/C16H23N3OS/c1-2-8-17-15-13-7-10-21-16(13)19-14(18-15)11-20-9-6-12-4-3-5-12/h7,10,12H,2-6,8-9,11H2,1H3,(H,17,18,19). The van der Waals surface area contributed by atoms with Crippen LogP contribution in [0, 0.1) is 5.92 Å². The van der Waals surface area contributed by atoms with E-state index in [1.807, 2.05) is 0 Å². The molecular formula is C16H23N3OS. The topological polar surface area (TPSA) is 47.0 Å².